The number of amides is 2. The van der Waals surface area contributed by atoms with Gasteiger partial charge in [-0.2, -0.15) is 10.4 Å². The lowest BCUT2D eigenvalue weighted by atomic mass is 10.1. The SMILES string of the molecule is Cc1cc(C)n(C(=O)/C(C#N)=C/c2ccc(Sc3nc4ccc(N5C(=O)c6ccccc6C5=O)cc4s3)o2)n1. The van der Waals surface area contributed by atoms with Crippen molar-refractivity contribution in [3.8, 4) is 6.07 Å². The van der Waals surface area contributed by atoms with Gasteiger partial charge in [-0.1, -0.05) is 12.1 Å². The van der Waals surface area contributed by atoms with Crippen LogP contribution in [-0.4, -0.2) is 32.5 Å². The molecule has 4 heterocycles. The normalized spacial score (nSPS) is 13.3. The number of rotatable bonds is 5. The van der Waals surface area contributed by atoms with Crippen LogP contribution in [0.4, 0.5) is 5.69 Å². The van der Waals surface area contributed by atoms with E-state index >= 15 is 0 Å². The number of furan rings is 1. The Morgan fingerprint density at radius 1 is 1.05 bits per heavy atom. The molecule has 6 rings (SSSR count). The summed E-state index contributed by atoms with van der Waals surface area (Å²) in [4.78, 5) is 44.3. The number of anilines is 1. The molecule has 0 spiro atoms. The van der Waals surface area contributed by atoms with Crippen molar-refractivity contribution in [1.82, 2.24) is 14.8 Å². The van der Waals surface area contributed by atoms with Crippen molar-refractivity contribution in [3.05, 3.63) is 94.5 Å². The molecule has 1 aliphatic heterocycles. The molecule has 0 unspecified atom stereocenters. The van der Waals surface area contributed by atoms with E-state index in [-0.39, 0.29) is 17.4 Å². The number of aryl methyl sites for hydroxylation is 2. The quantitative estimate of drug-likeness (QED) is 0.150. The van der Waals surface area contributed by atoms with E-state index in [4.69, 9.17) is 4.42 Å². The maximum absolute atomic E-state index is 12.9. The fourth-order valence-corrected chi connectivity index (χ4v) is 6.29. The topological polar surface area (TPSA) is 122 Å². The van der Waals surface area contributed by atoms with Crippen LogP contribution in [0.5, 0.6) is 0 Å². The fourth-order valence-electron chi connectivity index (χ4n) is 4.28. The first-order valence-corrected chi connectivity index (χ1v) is 13.3. The zero-order chi connectivity index (χ0) is 27.3. The highest BCUT2D eigenvalue weighted by molar-refractivity contribution is 8.01. The number of nitrogens with zero attached hydrogens (tertiary/aromatic N) is 5. The maximum Gasteiger partial charge on any atom is 0.289 e. The van der Waals surface area contributed by atoms with E-state index in [1.54, 1.807) is 74.5 Å². The van der Waals surface area contributed by atoms with Crippen molar-refractivity contribution >= 4 is 62.8 Å². The number of carbonyl (C=O) groups excluding carboxylic acids is 3. The Labute approximate surface area is 230 Å². The molecule has 0 N–H and O–H groups in total. The predicted molar refractivity (Wildman–Crippen MR) is 146 cm³/mol. The summed E-state index contributed by atoms with van der Waals surface area (Å²) >= 11 is 2.68. The molecule has 0 radical (unpaired) electrons. The van der Waals surface area contributed by atoms with Crippen molar-refractivity contribution in [3.63, 3.8) is 0 Å². The second-order valence-electron chi connectivity index (χ2n) is 8.70. The maximum atomic E-state index is 12.9. The van der Waals surface area contributed by atoms with Crippen LogP contribution in [-0.2, 0) is 0 Å². The Morgan fingerprint density at radius 3 is 2.46 bits per heavy atom. The third-order valence-corrected chi connectivity index (χ3v) is 8.03. The van der Waals surface area contributed by atoms with Crippen LogP contribution in [0, 0.1) is 25.2 Å². The monoisotopic (exact) mass is 551 g/mol. The molecule has 3 aromatic heterocycles. The van der Waals surface area contributed by atoms with Crippen molar-refractivity contribution in [1.29, 1.82) is 5.26 Å². The number of carbonyl (C=O) groups is 3. The second-order valence-corrected chi connectivity index (χ2v) is 11.0. The van der Waals surface area contributed by atoms with Crippen molar-refractivity contribution in [2.24, 2.45) is 0 Å². The van der Waals surface area contributed by atoms with Crippen LogP contribution in [0.2, 0.25) is 0 Å². The average Bonchev–Trinajstić information content (AvgIpc) is 3.68. The highest BCUT2D eigenvalue weighted by Crippen LogP contribution is 2.38. The fraction of sp³-hybridized carbons (Fsp3) is 0.0714. The molecule has 2 aromatic carbocycles. The molecular formula is C28H17N5O4S2. The molecule has 11 heteroatoms. The molecule has 190 valence electrons. The van der Waals surface area contributed by atoms with Gasteiger partial charge < -0.3 is 4.42 Å². The molecule has 0 saturated heterocycles. The number of hydrogen-bond acceptors (Lipinski definition) is 9. The van der Waals surface area contributed by atoms with Gasteiger partial charge >= 0.3 is 0 Å². The molecule has 0 fully saturated rings. The summed E-state index contributed by atoms with van der Waals surface area (Å²) in [7, 11) is 0. The molecule has 0 aliphatic carbocycles. The second kappa shape index (κ2) is 9.50. The highest BCUT2D eigenvalue weighted by Gasteiger charge is 2.36. The minimum absolute atomic E-state index is 0.104. The lowest BCUT2D eigenvalue weighted by molar-refractivity contribution is 0.0920. The number of aromatic nitrogens is 3. The van der Waals surface area contributed by atoms with Crippen LogP contribution >= 0.6 is 23.1 Å². The number of benzene rings is 2. The van der Waals surface area contributed by atoms with E-state index in [9.17, 15) is 19.6 Å². The Morgan fingerprint density at radius 2 is 1.79 bits per heavy atom. The smallest absolute Gasteiger partial charge is 0.289 e. The Bertz CT molecular complexity index is 1870. The Kier molecular flexibility index (Phi) is 5.98. The van der Waals surface area contributed by atoms with Crippen LogP contribution < -0.4 is 4.90 Å². The van der Waals surface area contributed by atoms with Crippen LogP contribution in [0.3, 0.4) is 0 Å². The number of hydrogen-bond donors (Lipinski definition) is 0. The van der Waals surface area contributed by atoms with Crippen LogP contribution in [0.1, 0.15) is 42.7 Å². The Balaban J connectivity index is 1.22. The molecule has 39 heavy (non-hydrogen) atoms. The van der Waals surface area contributed by atoms with Gasteiger partial charge in [0.2, 0.25) is 0 Å². The van der Waals surface area contributed by atoms with Crippen molar-refractivity contribution < 1.29 is 18.8 Å². The van der Waals surface area contributed by atoms with Gasteiger partial charge in [-0.3, -0.25) is 14.4 Å². The van der Waals surface area contributed by atoms with Crippen LogP contribution in [0.15, 0.2) is 80.1 Å². The number of imide groups is 1. The first-order valence-electron chi connectivity index (χ1n) is 11.7. The molecule has 1 aliphatic rings. The third kappa shape index (κ3) is 4.35. The number of fused-ring (bicyclic) bond motifs is 2. The molecule has 0 bridgehead atoms. The van der Waals surface area contributed by atoms with Crippen molar-refractivity contribution in [2.45, 2.75) is 23.3 Å². The standard InChI is InChI=1S/C28H17N5O4S2/c1-15-11-16(2)33(31-15)25(34)17(14-29)12-19-8-10-24(37-19)39-28-30-22-9-7-18(13-23(22)38-28)32-26(35)20-5-3-4-6-21(20)27(32)36/h3-13H,1-2H3/b17-12+. The summed E-state index contributed by atoms with van der Waals surface area (Å²) in [5, 5.41) is 14.2. The number of allylic oxidation sites excluding steroid dienone is 1. The van der Waals surface area contributed by atoms with Gasteiger partial charge in [0.15, 0.2) is 9.43 Å². The minimum atomic E-state index is -0.534. The summed E-state index contributed by atoms with van der Waals surface area (Å²) in [6.07, 6.45) is 1.38. The molecular weight excluding hydrogens is 534 g/mol. The van der Waals surface area contributed by atoms with Gasteiger partial charge in [0.05, 0.1) is 32.7 Å². The summed E-state index contributed by atoms with van der Waals surface area (Å²) in [6.45, 7) is 3.52. The number of thiazole rings is 1. The number of nitriles is 1. The lowest BCUT2D eigenvalue weighted by Gasteiger charge is -2.13. The van der Waals surface area contributed by atoms with Gasteiger partial charge in [0, 0.05) is 11.8 Å². The largest absolute Gasteiger partial charge is 0.450 e. The van der Waals surface area contributed by atoms with Gasteiger partial charge in [-0.25, -0.2) is 14.6 Å². The molecule has 2 amide bonds. The summed E-state index contributed by atoms with van der Waals surface area (Å²) in [5.74, 6) is -0.886. The van der Waals surface area contributed by atoms with E-state index in [1.807, 2.05) is 6.07 Å². The van der Waals surface area contributed by atoms with Crippen LogP contribution in [0.25, 0.3) is 16.3 Å². The van der Waals surface area contributed by atoms with Gasteiger partial charge in [0.1, 0.15) is 17.4 Å². The third-order valence-electron chi connectivity index (χ3n) is 6.03. The van der Waals surface area contributed by atoms with E-state index in [0.717, 1.165) is 10.2 Å². The summed E-state index contributed by atoms with van der Waals surface area (Å²) < 4.78 is 8.52. The van der Waals surface area contributed by atoms with Gasteiger partial charge in [-0.05, 0) is 74.1 Å². The predicted octanol–water partition coefficient (Wildman–Crippen LogP) is 5.90. The summed E-state index contributed by atoms with van der Waals surface area (Å²) in [5.41, 5.74) is 3.20. The minimum Gasteiger partial charge on any atom is -0.450 e. The lowest BCUT2D eigenvalue weighted by Crippen LogP contribution is -2.29. The zero-order valence-corrected chi connectivity index (χ0v) is 22.2. The Hall–Kier alpha value is -4.79. The van der Waals surface area contributed by atoms with E-state index in [1.165, 1.54) is 38.8 Å². The molecule has 0 saturated carbocycles. The molecule has 9 nitrogen and oxygen atoms in total. The highest BCUT2D eigenvalue weighted by atomic mass is 32.2. The first kappa shape index (κ1) is 24.5. The first-order chi connectivity index (χ1) is 18.8. The molecule has 5 aromatic rings. The average molecular weight is 552 g/mol. The van der Waals surface area contributed by atoms with Crippen molar-refractivity contribution in [2.75, 3.05) is 4.90 Å². The van der Waals surface area contributed by atoms with E-state index < -0.39 is 5.91 Å². The van der Waals surface area contributed by atoms with Gasteiger partial charge in [-0.15, -0.1) is 11.3 Å². The zero-order valence-electron chi connectivity index (χ0n) is 20.5. The van der Waals surface area contributed by atoms with Gasteiger partial charge in [0.25, 0.3) is 17.7 Å². The summed E-state index contributed by atoms with van der Waals surface area (Å²) in [6, 6.07) is 19.1. The van der Waals surface area contributed by atoms with E-state index in [0.29, 0.717) is 43.4 Å². The molecule has 0 atom stereocenters. The van der Waals surface area contributed by atoms with E-state index in [2.05, 4.69) is 10.1 Å².